The van der Waals surface area contributed by atoms with Gasteiger partial charge in [0.05, 0.1) is 6.07 Å². The summed E-state index contributed by atoms with van der Waals surface area (Å²) >= 11 is 0. The molecule has 0 aromatic rings. The number of aliphatic hydroxyl groups is 1. The van der Waals surface area contributed by atoms with Gasteiger partial charge in [-0.05, 0) is 11.8 Å². The van der Waals surface area contributed by atoms with Crippen LogP contribution in [0.15, 0.2) is 0 Å². The highest BCUT2D eigenvalue weighted by atomic mass is 16.3. The number of carbonyl (C=O) groups is 1. The van der Waals surface area contributed by atoms with E-state index in [1.54, 1.807) is 6.07 Å². The third-order valence-corrected chi connectivity index (χ3v) is 2.04. The molecule has 0 aromatic heterocycles. The first kappa shape index (κ1) is 12.9. The lowest BCUT2D eigenvalue weighted by molar-refractivity contribution is -0.121. The topological polar surface area (TPSA) is 73.1 Å². The molecule has 0 aliphatic heterocycles. The molecule has 1 unspecified atom stereocenters. The molecule has 0 aromatic carbocycles. The summed E-state index contributed by atoms with van der Waals surface area (Å²) < 4.78 is 0. The second-order valence-corrected chi connectivity index (χ2v) is 4.33. The van der Waals surface area contributed by atoms with Crippen molar-refractivity contribution in [2.24, 2.45) is 5.41 Å². The summed E-state index contributed by atoms with van der Waals surface area (Å²) in [6.07, 6.45) is 0.388. The molecule has 0 spiro atoms. The third kappa shape index (κ3) is 4.83. The summed E-state index contributed by atoms with van der Waals surface area (Å²) in [4.78, 5) is 11.2. The van der Waals surface area contributed by atoms with Gasteiger partial charge in [0, 0.05) is 12.6 Å². The average molecular weight is 198 g/mol. The molecule has 0 radical (unpaired) electrons. The minimum Gasteiger partial charge on any atom is -0.396 e. The molecule has 0 bridgehead atoms. The van der Waals surface area contributed by atoms with Gasteiger partial charge in [0.15, 0.2) is 0 Å². The van der Waals surface area contributed by atoms with Crippen LogP contribution in [-0.2, 0) is 4.79 Å². The Bertz CT molecular complexity index is 225. The van der Waals surface area contributed by atoms with Crippen LogP contribution in [0.25, 0.3) is 0 Å². The highest BCUT2D eigenvalue weighted by molar-refractivity contribution is 5.78. The van der Waals surface area contributed by atoms with Gasteiger partial charge in [-0.1, -0.05) is 20.8 Å². The van der Waals surface area contributed by atoms with E-state index in [1.807, 2.05) is 20.8 Å². The Morgan fingerprint density at radius 2 is 2.14 bits per heavy atom. The van der Waals surface area contributed by atoms with Crippen molar-refractivity contribution in [2.75, 3.05) is 6.61 Å². The zero-order valence-corrected chi connectivity index (χ0v) is 9.00. The lowest BCUT2D eigenvalue weighted by Crippen LogP contribution is -2.44. The van der Waals surface area contributed by atoms with Crippen LogP contribution in [0.1, 0.15) is 33.6 Å². The van der Waals surface area contributed by atoms with Crippen molar-refractivity contribution < 1.29 is 9.90 Å². The summed E-state index contributed by atoms with van der Waals surface area (Å²) in [6, 6.07) is 1.70. The molecule has 0 rings (SSSR count). The second kappa shape index (κ2) is 5.61. The Labute approximate surface area is 84.9 Å². The monoisotopic (exact) mass is 198 g/mol. The van der Waals surface area contributed by atoms with E-state index in [2.05, 4.69) is 5.32 Å². The molecule has 14 heavy (non-hydrogen) atoms. The number of aliphatic hydroxyl groups excluding tert-OH is 1. The summed E-state index contributed by atoms with van der Waals surface area (Å²) in [5, 5.41) is 19.9. The molecule has 80 valence electrons. The molecular formula is C10H18N2O2. The van der Waals surface area contributed by atoms with Gasteiger partial charge in [-0.25, -0.2) is 0 Å². The van der Waals surface area contributed by atoms with Crippen LogP contribution in [0.2, 0.25) is 0 Å². The smallest absolute Gasteiger partial charge is 0.234 e. The fourth-order valence-electron chi connectivity index (χ4n) is 1.17. The molecule has 0 saturated heterocycles. The fraction of sp³-hybridized carbons (Fsp3) is 0.800. The first-order valence-corrected chi connectivity index (χ1v) is 4.69. The van der Waals surface area contributed by atoms with Crippen LogP contribution < -0.4 is 5.32 Å². The molecule has 4 nitrogen and oxygen atoms in total. The molecule has 1 atom stereocenters. The average Bonchev–Trinajstić information content (AvgIpc) is 2.02. The van der Waals surface area contributed by atoms with E-state index in [1.165, 1.54) is 0 Å². The van der Waals surface area contributed by atoms with Crippen LogP contribution in [0.3, 0.4) is 0 Å². The maximum Gasteiger partial charge on any atom is 0.234 e. The first-order valence-electron chi connectivity index (χ1n) is 4.69. The lowest BCUT2D eigenvalue weighted by atomic mass is 9.85. The minimum atomic E-state index is -0.277. The van der Waals surface area contributed by atoms with Gasteiger partial charge < -0.3 is 10.4 Å². The van der Waals surface area contributed by atoms with E-state index in [9.17, 15) is 4.79 Å². The molecule has 0 saturated carbocycles. The maximum atomic E-state index is 11.2. The molecule has 4 heteroatoms. The normalized spacial score (nSPS) is 13.1. The predicted octanol–water partition coefficient (Wildman–Crippen LogP) is 0.813. The van der Waals surface area contributed by atoms with E-state index in [0.29, 0.717) is 6.42 Å². The Morgan fingerprint density at radius 3 is 2.50 bits per heavy atom. The minimum absolute atomic E-state index is 0.0365. The molecule has 0 fully saturated rings. The van der Waals surface area contributed by atoms with Crippen molar-refractivity contribution in [3.8, 4) is 6.07 Å². The van der Waals surface area contributed by atoms with Crippen LogP contribution in [-0.4, -0.2) is 23.7 Å². The van der Waals surface area contributed by atoms with Crippen LogP contribution >= 0.6 is 0 Å². The van der Waals surface area contributed by atoms with Gasteiger partial charge in [-0.15, -0.1) is 0 Å². The van der Waals surface area contributed by atoms with Crippen molar-refractivity contribution in [2.45, 2.75) is 39.7 Å². The fourth-order valence-corrected chi connectivity index (χ4v) is 1.17. The van der Waals surface area contributed by atoms with Crippen LogP contribution in [0.5, 0.6) is 0 Å². The second-order valence-electron chi connectivity index (χ2n) is 4.33. The zero-order chi connectivity index (χ0) is 11.2. The molecular weight excluding hydrogens is 180 g/mol. The Balaban J connectivity index is 4.25. The number of nitriles is 1. The van der Waals surface area contributed by atoms with E-state index in [4.69, 9.17) is 10.4 Å². The summed E-state index contributed by atoms with van der Waals surface area (Å²) in [6.45, 7) is 5.99. The molecule has 0 aliphatic rings. The van der Waals surface area contributed by atoms with E-state index in [0.717, 1.165) is 0 Å². The van der Waals surface area contributed by atoms with Gasteiger partial charge in [0.1, 0.15) is 6.42 Å². The van der Waals surface area contributed by atoms with Crippen molar-refractivity contribution in [1.29, 1.82) is 5.26 Å². The van der Waals surface area contributed by atoms with Gasteiger partial charge in [0.2, 0.25) is 5.91 Å². The summed E-state index contributed by atoms with van der Waals surface area (Å²) in [7, 11) is 0. The number of amides is 1. The van der Waals surface area contributed by atoms with Gasteiger partial charge in [-0.2, -0.15) is 5.26 Å². The lowest BCUT2D eigenvalue weighted by Gasteiger charge is -2.30. The number of nitrogens with zero attached hydrogens (tertiary/aromatic N) is 1. The molecule has 0 heterocycles. The highest BCUT2D eigenvalue weighted by Crippen LogP contribution is 2.21. The zero-order valence-electron chi connectivity index (χ0n) is 9.00. The van der Waals surface area contributed by atoms with Crippen LogP contribution in [0, 0.1) is 16.7 Å². The van der Waals surface area contributed by atoms with Crippen molar-refractivity contribution in [1.82, 2.24) is 5.32 Å². The number of rotatable bonds is 4. The number of hydrogen-bond acceptors (Lipinski definition) is 3. The standard InChI is InChI=1S/C10H18N2O2/c1-10(2,3)8(5-7-13)12-9(14)4-6-11/h8,13H,4-5,7H2,1-3H3,(H,12,14). The summed E-state index contributed by atoms with van der Waals surface area (Å²) in [5.74, 6) is -0.277. The Kier molecular flexibility index (Phi) is 5.18. The number of hydrogen-bond donors (Lipinski definition) is 2. The van der Waals surface area contributed by atoms with Gasteiger partial charge in [-0.3, -0.25) is 4.79 Å². The molecule has 2 N–H and O–H groups in total. The largest absolute Gasteiger partial charge is 0.396 e. The van der Waals surface area contributed by atoms with Crippen molar-refractivity contribution in [3.63, 3.8) is 0 Å². The highest BCUT2D eigenvalue weighted by Gasteiger charge is 2.25. The van der Waals surface area contributed by atoms with Gasteiger partial charge in [0.25, 0.3) is 0 Å². The maximum absolute atomic E-state index is 11.2. The SMILES string of the molecule is CC(C)(C)C(CCO)NC(=O)CC#N. The van der Waals surface area contributed by atoms with E-state index in [-0.39, 0.29) is 30.4 Å². The first-order chi connectivity index (χ1) is 6.41. The Morgan fingerprint density at radius 1 is 1.57 bits per heavy atom. The van der Waals surface area contributed by atoms with Crippen molar-refractivity contribution >= 4 is 5.91 Å². The molecule has 1 amide bonds. The third-order valence-electron chi connectivity index (χ3n) is 2.04. The van der Waals surface area contributed by atoms with E-state index >= 15 is 0 Å². The quantitative estimate of drug-likeness (QED) is 0.702. The van der Waals surface area contributed by atoms with Crippen molar-refractivity contribution in [3.05, 3.63) is 0 Å². The van der Waals surface area contributed by atoms with Crippen LogP contribution in [0.4, 0.5) is 0 Å². The predicted molar refractivity (Wildman–Crippen MR) is 53.3 cm³/mol. The number of carbonyl (C=O) groups excluding carboxylic acids is 1. The van der Waals surface area contributed by atoms with E-state index < -0.39 is 0 Å². The van der Waals surface area contributed by atoms with Gasteiger partial charge >= 0.3 is 0 Å². The number of nitrogens with one attached hydrogen (secondary N) is 1. The molecule has 0 aliphatic carbocycles. The summed E-state index contributed by atoms with van der Waals surface area (Å²) in [5.41, 5.74) is -0.103. The Hall–Kier alpha value is -1.08.